The van der Waals surface area contributed by atoms with Crippen LogP contribution in [-0.4, -0.2) is 66.5 Å². The molecule has 1 aromatic heterocycles. The summed E-state index contributed by atoms with van der Waals surface area (Å²) >= 11 is 0. The lowest BCUT2D eigenvalue weighted by Crippen LogP contribution is -2.46. The molecule has 160 valence electrons. The van der Waals surface area contributed by atoms with Crippen LogP contribution in [0, 0.1) is 0 Å². The van der Waals surface area contributed by atoms with Crippen molar-refractivity contribution in [1.82, 2.24) is 20.1 Å². The van der Waals surface area contributed by atoms with Crippen LogP contribution < -0.4 is 10.1 Å². The number of nitrogens with one attached hydrogen (secondary N) is 1. The van der Waals surface area contributed by atoms with Crippen LogP contribution in [0.1, 0.15) is 24.6 Å². The molecule has 0 aliphatic carbocycles. The van der Waals surface area contributed by atoms with E-state index in [1.54, 1.807) is 12.3 Å². The molecule has 30 heavy (non-hydrogen) atoms. The first kappa shape index (κ1) is 22.0. The number of aromatic nitrogens is 1. The number of carbonyl (C=O) groups excluding carboxylic acids is 1. The zero-order chi connectivity index (χ0) is 21.0. The number of amides is 1. The third-order valence-corrected chi connectivity index (χ3v) is 5.28. The molecule has 0 unspecified atom stereocenters. The Bertz CT molecular complexity index is 785. The predicted molar refractivity (Wildman–Crippen MR) is 120 cm³/mol. The topological polar surface area (TPSA) is 57.7 Å². The van der Waals surface area contributed by atoms with Crippen molar-refractivity contribution in [2.45, 2.75) is 20.0 Å². The van der Waals surface area contributed by atoms with Gasteiger partial charge in [-0.25, -0.2) is 0 Å². The lowest BCUT2D eigenvalue weighted by molar-refractivity contribution is -0.116. The summed E-state index contributed by atoms with van der Waals surface area (Å²) in [7, 11) is 0. The molecule has 0 bridgehead atoms. The molecule has 6 nitrogen and oxygen atoms in total. The number of carbonyl (C=O) groups is 1. The first-order valence-electron chi connectivity index (χ1n) is 10.8. The smallest absolute Gasteiger partial charge is 0.243 e. The van der Waals surface area contributed by atoms with Gasteiger partial charge < -0.3 is 19.9 Å². The minimum absolute atomic E-state index is 0.0544. The monoisotopic (exact) mass is 408 g/mol. The van der Waals surface area contributed by atoms with E-state index in [1.807, 2.05) is 48.5 Å². The SMILES string of the molecule is CCN1CCN(CCCNC(=O)C=Cc2ccc(OCc3ccccn3)cc2)CC1. The van der Waals surface area contributed by atoms with Crippen LogP contribution in [0.2, 0.25) is 0 Å². The Morgan fingerprint density at radius 2 is 1.87 bits per heavy atom. The van der Waals surface area contributed by atoms with Crippen LogP contribution in [0.4, 0.5) is 0 Å². The lowest BCUT2D eigenvalue weighted by atomic mass is 10.2. The van der Waals surface area contributed by atoms with E-state index in [0.29, 0.717) is 13.2 Å². The molecule has 1 aliphatic rings. The molecule has 0 saturated carbocycles. The van der Waals surface area contributed by atoms with E-state index in [9.17, 15) is 4.79 Å². The van der Waals surface area contributed by atoms with E-state index in [1.165, 1.54) is 0 Å². The van der Waals surface area contributed by atoms with Crippen molar-refractivity contribution in [2.75, 3.05) is 45.8 Å². The Balaban J connectivity index is 1.31. The third-order valence-electron chi connectivity index (χ3n) is 5.28. The predicted octanol–water partition coefficient (Wildman–Crippen LogP) is 2.82. The Kier molecular flexibility index (Phi) is 8.87. The van der Waals surface area contributed by atoms with E-state index in [2.05, 4.69) is 27.0 Å². The summed E-state index contributed by atoms with van der Waals surface area (Å²) in [5, 5.41) is 2.97. The average Bonchev–Trinajstić information content (AvgIpc) is 2.81. The molecule has 1 saturated heterocycles. The van der Waals surface area contributed by atoms with Crippen molar-refractivity contribution in [1.29, 1.82) is 0 Å². The van der Waals surface area contributed by atoms with Crippen molar-refractivity contribution in [3.8, 4) is 5.75 Å². The van der Waals surface area contributed by atoms with Gasteiger partial charge in [0, 0.05) is 45.0 Å². The molecular formula is C24H32N4O2. The molecule has 1 aliphatic heterocycles. The number of likely N-dealkylation sites (N-methyl/N-ethyl adjacent to an activating group) is 1. The first-order chi connectivity index (χ1) is 14.7. The van der Waals surface area contributed by atoms with Crippen LogP contribution in [0.5, 0.6) is 5.75 Å². The van der Waals surface area contributed by atoms with Crippen molar-refractivity contribution in [3.05, 3.63) is 66.0 Å². The van der Waals surface area contributed by atoms with E-state index in [4.69, 9.17) is 4.74 Å². The third kappa shape index (κ3) is 7.61. The number of nitrogens with zero attached hydrogens (tertiary/aromatic N) is 3. The molecule has 6 heteroatoms. The summed E-state index contributed by atoms with van der Waals surface area (Å²) in [6.45, 7) is 10.1. The average molecular weight is 409 g/mol. The molecule has 0 radical (unpaired) electrons. The summed E-state index contributed by atoms with van der Waals surface area (Å²) in [6, 6.07) is 13.4. The van der Waals surface area contributed by atoms with Gasteiger partial charge in [-0.3, -0.25) is 9.78 Å². The highest BCUT2D eigenvalue weighted by Crippen LogP contribution is 2.14. The van der Waals surface area contributed by atoms with Gasteiger partial charge in [0.2, 0.25) is 5.91 Å². The van der Waals surface area contributed by atoms with Gasteiger partial charge in [0.05, 0.1) is 5.69 Å². The summed E-state index contributed by atoms with van der Waals surface area (Å²) < 4.78 is 5.73. The van der Waals surface area contributed by atoms with Gasteiger partial charge in [0.15, 0.2) is 0 Å². The van der Waals surface area contributed by atoms with Crippen molar-refractivity contribution < 1.29 is 9.53 Å². The summed E-state index contributed by atoms with van der Waals surface area (Å²) in [6.07, 6.45) is 6.14. The van der Waals surface area contributed by atoms with Crippen LogP contribution in [0.25, 0.3) is 6.08 Å². The number of rotatable bonds is 10. The second kappa shape index (κ2) is 12.1. The number of hydrogen-bond acceptors (Lipinski definition) is 5. The second-order valence-electron chi connectivity index (χ2n) is 7.43. The molecule has 1 fully saturated rings. The number of ether oxygens (including phenoxy) is 1. The molecule has 1 aromatic carbocycles. The lowest BCUT2D eigenvalue weighted by Gasteiger charge is -2.33. The molecular weight excluding hydrogens is 376 g/mol. The minimum atomic E-state index is -0.0544. The molecule has 1 N–H and O–H groups in total. The Hall–Kier alpha value is -2.70. The van der Waals surface area contributed by atoms with Crippen LogP contribution in [0.3, 0.4) is 0 Å². The fourth-order valence-corrected chi connectivity index (χ4v) is 3.39. The normalized spacial score (nSPS) is 15.4. The summed E-state index contributed by atoms with van der Waals surface area (Å²) in [4.78, 5) is 21.2. The fourth-order valence-electron chi connectivity index (χ4n) is 3.39. The van der Waals surface area contributed by atoms with Gasteiger partial charge >= 0.3 is 0 Å². The van der Waals surface area contributed by atoms with Gasteiger partial charge in [0.1, 0.15) is 12.4 Å². The summed E-state index contributed by atoms with van der Waals surface area (Å²) in [5.41, 5.74) is 1.85. The number of benzene rings is 1. The molecule has 1 amide bonds. The van der Waals surface area contributed by atoms with Gasteiger partial charge in [-0.15, -0.1) is 0 Å². The molecule has 3 rings (SSSR count). The quantitative estimate of drug-likeness (QED) is 0.484. The zero-order valence-electron chi connectivity index (χ0n) is 17.8. The van der Waals surface area contributed by atoms with Crippen molar-refractivity contribution in [2.24, 2.45) is 0 Å². The second-order valence-corrected chi connectivity index (χ2v) is 7.43. The Labute approximate surface area is 179 Å². The van der Waals surface area contributed by atoms with Gasteiger partial charge in [-0.1, -0.05) is 25.1 Å². The molecule has 0 spiro atoms. The number of hydrogen-bond donors (Lipinski definition) is 1. The number of piperazine rings is 1. The Morgan fingerprint density at radius 1 is 1.10 bits per heavy atom. The van der Waals surface area contributed by atoms with Gasteiger partial charge in [-0.05, 0) is 55.4 Å². The van der Waals surface area contributed by atoms with Crippen LogP contribution >= 0.6 is 0 Å². The van der Waals surface area contributed by atoms with E-state index in [0.717, 1.165) is 62.7 Å². The number of pyridine rings is 1. The van der Waals surface area contributed by atoms with Gasteiger partial charge in [-0.2, -0.15) is 0 Å². The van der Waals surface area contributed by atoms with Crippen molar-refractivity contribution in [3.63, 3.8) is 0 Å². The van der Waals surface area contributed by atoms with Crippen LogP contribution in [0.15, 0.2) is 54.7 Å². The van der Waals surface area contributed by atoms with Crippen LogP contribution in [-0.2, 0) is 11.4 Å². The summed E-state index contributed by atoms with van der Waals surface area (Å²) in [5.74, 6) is 0.725. The maximum absolute atomic E-state index is 12.0. The minimum Gasteiger partial charge on any atom is -0.487 e. The first-order valence-corrected chi connectivity index (χ1v) is 10.8. The maximum atomic E-state index is 12.0. The highest BCUT2D eigenvalue weighted by atomic mass is 16.5. The zero-order valence-corrected chi connectivity index (χ0v) is 17.8. The molecule has 0 atom stereocenters. The van der Waals surface area contributed by atoms with E-state index >= 15 is 0 Å². The Morgan fingerprint density at radius 3 is 2.57 bits per heavy atom. The highest BCUT2D eigenvalue weighted by Gasteiger charge is 2.14. The fraction of sp³-hybridized carbons (Fsp3) is 0.417. The highest BCUT2D eigenvalue weighted by molar-refractivity contribution is 5.91. The van der Waals surface area contributed by atoms with E-state index in [-0.39, 0.29) is 5.91 Å². The van der Waals surface area contributed by atoms with Gasteiger partial charge in [0.25, 0.3) is 0 Å². The standard InChI is InChI=1S/C24H32N4O2/c1-2-27-16-18-28(19-17-27)15-5-14-26-24(29)12-9-21-7-10-23(11-8-21)30-20-22-6-3-4-13-25-22/h3-4,6-13H,2,5,14-20H2,1H3,(H,26,29). The van der Waals surface area contributed by atoms with Crippen molar-refractivity contribution >= 4 is 12.0 Å². The van der Waals surface area contributed by atoms with E-state index < -0.39 is 0 Å². The largest absolute Gasteiger partial charge is 0.487 e. The maximum Gasteiger partial charge on any atom is 0.243 e. The molecule has 2 heterocycles. The molecule has 2 aromatic rings.